The highest BCUT2D eigenvalue weighted by Gasteiger charge is 2.18. The van der Waals surface area contributed by atoms with E-state index >= 15 is 0 Å². The Kier molecular flexibility index (Phi) is 7.82. The number of non-ortho nitro benzene ring substituents is 1. The summed E-state index contributed by atoms with van der Waals surface area (Å²) in [5.41, 5.74) is 2.58. The van der Waals surface area contributed by atoms with Crippen LogP contribution in [0.15, 0.2) is 71.5 Å². The molecule has 0 unspecified atom stereocenters. The Balaban J connectivity index is 1.59. The number of hydrogen-bond acceptors (Lipinski definition) is 9. The highest BCUT2D eigenvalue weighted by Crippen LogP contribution is 2.34. The second-order valence-electron chi connectivity index (χ2n) is 7.76. The summed E-state index contributed by atoms with van der Waals surface area (Å²) in [6.07, 6.45) is 2.45. The van der Waals surface area contributed by atoms with E-state index in [1.165, 1.54) is 6.08 Å². The van der Waals surface area contributed by atoms with Gasteiger partial charge in [-0.3, -0.25) is 19.7 Å². The van der Waals surface area contributed by atoms with Crippen molar-refractivity contribution in [2.24, 2.45) is 5.10 Å². The summed E-state index contributed by atoms with van der Waals surface area (Å²) in [6.45, 7) is 1.89. The van der Waals surface area contributed by atoms with Gasteiger partial charge in [0.25, 0.3) is 17.5 Å². The second kappa shape index (κ2) is 11.6. The van der Waals surface area contributed by atoms with Gasteiger partial charge in [-0.25, -0.2) is 5.43 Å². The zero-order chi connectivity index (χ0) is 27.1. The molecule has 1 heterocycles. The maximum absolute atomic E-state index is 13.0. The molecular weight excluding hydrogens is 496 g/mol. The van der Waals surface area contributed by atoms with Crippen molar-refractivity contribution in [3.8, 4) is 23.0 Å². The van der Waals surface area contributed by atoms with Gasteiger partial charge in [0.05, 0.1) is 23.8 Å². The molecule has 194 valence electrons. The molecule has 0 aromatic heterocycles. The highest BCUT2D eigenvalue weighted by molar-refractivity contribution is 6.05. The first kappa shape index (κ1) is 25.7. The van der Waals surface area contributed by atoms with Crippen LogP contribution in [0.3, 0.4) is 0 Å². The van der Waals surface area contributed by atoms with Gasteiger partial charge in [-0.05, 0) is 42.8 Å². The maximum Gasteiger partial charge on any atom is 0.287 e. The average molecular weight is 518 g/mol. The van der Waals surface area contributed by atoms with Gasteiger partial charge in [-0.15, -0.1) is 0 Å². The molecule has 0 saturated heterocycles. The number of ether oxygens (including phenoxy) is 3. The first-order chi connectivity index (χ1) is 18.4. The van der Waals surface area contributed by atoms with Gasteiger partial charge in [0, 0.05) is 17.2 Å². The molecule has 0 spiro atoms. The Morgan fingerprint density at radius 2 is 1.89 bits per heavy atom. The molecule has 0 saturated carbocycles. The summed E-state index contributed by atoms with van der Waals surface area (Å²) in [5.74, 6) is -0.782. The maximum atomic E-state index is 13.0. The molecule has 0 fully saturated rings. The SMILES string of the molecule is CCOc1cc([N+](=O)[O-])cc(C=NNC(=O)C(=Cc2ccc3c(c2)OCO3)NC(=O)c2ccccc2)c1O. The molecule has 1 aliphatic rings. The number of carbonyl (C=O) groups is 2. The number of nitrogens with one attached hydrogen (secondary N) is 2. The van der Waals surface area contributed by atoms with E-state index < -0.39 is 16.7 Å². The minimum absolute atomic E-state index is 0.0578. The van der Waals surface area contributed by atoms with Crippen molar-refractivity contribution < 1.29 is 33.8 Å². The number of nitro benzene ring substituents is 1. The number of phenols is 1. The van der Waals surface area contributed by atoms with Crippen molar-refractivity contribution >= 4 is 29.8 Å². The predicted octanol–water partition coefficient (Wildman–Crippen LogP) is 3.35. The molecular formula is C26H22N4O8. The molecule has 0 atom stereocenters. The number of fused-ring (bicyclic) bond motifs is 1. The number of phenolic OH excluding ortho intramolecular Hbond substituents is 1. The van der Waals surface area contributed by atoms with Gasteiger partial charge >= 0.3 is 0 Å². The molecule has 1 aliphatic heterocycles. The fourth-order valence-corrected chi connectivity index (χ4v) is 3.42. The minimum Gasteiger partial charge on any atom is -0.504 e. The Morgan fingerprint density at radius 3 is 2.63 bits per heavy atom. The lowest BCUT2D eigenvalue weighted by molar-refractivity contribution is -0.385. The third-order valence-corrected chi connectivity index (χ3v) is 5.21. The zero-order valence-electron chi connectivity index (χ0n) is 20.0. The lowest BCUT2D eigenvalue weighted by atomic mass is 10.1. The molecule has 0 radical (unpaired) electrons. The molecule has 2 amide bonds. The molecule has 38 heavy (non-hydrogen) atoms. The van der Waals surface area contributed by atoms with Crippen LogP contribution in [0.2, 0.25) is 0 Å². The van der Waals surface area contributed by atoms with Crippen LogP contribution in [0.25, 0.3) is 6.08 Å². The molecule has 3 aromatic rings. The van der Waals surface area contributed by atoms with Gasteiger partial charge in [0.15, 0.2) is 23.0 Å². The molecule has 12 heteroatoms. The van der Waals surface area contributed by atoms with Crippen LogP contribution in [0.5, 0.6) is 23.0 Å². The topological polar surface area (TPSA) is 162 Å². The van der Waals surface area contributed by atoms with Crippen molar-refractivity contribution in [2.75, 3.05) is 13.4 Å². The van der Waals surface area contributed by atoms with E-state index in [0.29, 0.717) is 22.6 Å². The number of aromatic hydroxyl groups is 1. The molecule has 3 N–H and O–H groups in total. The minimum atomic E-state index is -0.793. The van der Waals surface area contributed by atoms with Crippen LogP contribution >= 0.6 is 0 Å². The molecule has 0 bridgehead atoms. The van der Waals surface area contributed by atoms with Gasteiger partial charge in [-0.1, -0.05) is 24.3 Å². The number of amides is 2. The second-order valence-corrected chi connectivity index (χ2v) is 7.76. The third-order valence-electron chi connectivity index (χ3n) is 5.21. The summed E-state index contributed by atoms with van der Waals surface area (Å²) >= 11 is 0. The van der Waals surface area contributed by atoms with Crippen LogP contribution in [-0.2, 0) is 4.79 Å². The number of rotatable bonds is 9. The van der Waals surface area contributed by atoms with Gasteiger partial charge in [0.1, 0.15) is 5.70 Å². The van der Waals surface area contributed by atoms with E-state index in [1.54, 1.807) is 55.5 Å². The number of hydrazone groups is 1. The van der Waals surface area contributed by atoms with E-state index in [0.717, 1.165) is 18.3 Å². The number of nitro groups is 1. The van der Waals surface area contributed by atoms with E-state index in [4.69, 9.17) is 14.2 Å². The number of hydrogen-bond donors (Lipinski definition) is 3. The van der Waals surface area contributed by atoms with Crippen molar-refractivity contribution in [1.29, 1.82) is 0 Å². The standard InChI is InChI=1S/C26H22N4O8/c1-2-36-23-13-19(30(34)35)12-18(24(23)31)14-27-29-26(33)20(28-25(32)17-6-4-3-5-7-17)10-16-8-9-21-22(11-16)38-15-37-21/h3-14,31H,2,15H2,1H3,(H,28,32)(H,29,33). The summed E-state index contributed by atoms with van der Waals surface area (Å²) in [6, 6.07) is 15.4. The summed E-state index contributed by atoms with van der Waals surface area (Å²) in [7, 11) is 0. The van der Waals surface area contributed by atoms with Gasteiger partial charge in [0.2, 0.25) is 6.79 Å². The van der Waals surface area contributed by atoms with Gasteiger partial charge in [-0.2, -0.15) is 5.10 Å². The summed E-state index contributed by atoms with van der Waals surface area (Å²) < 4.78 is 15.9. The lowest BCUT2D eigenvalue weighted by Gasteiger charge is -2.10. The smallest absolute Gasteiger partial charge is 0.287 e. The molecule has 12 nitrogen and oxygen atoms in total. The summed E-state index contributed by atoms with van der Waals surface area (Å²) in [5, 5.41) is 28.0. The monoisotopic (exact) mass is 518 g/mol. The quantitative estimate of drug-likeness (QED) is 0.168. The van der Waals surface area contributed by atoms with Crippen LogP contribution in [0.4, 0.5) is 5.69 Å². The normalized spacial score (nSPS) is 12.3. The van der Waals surface area contributed by atoms with Crippen LogP contribution in [0, 0.1) is 10.1 Å². The lowest BCUT2D eigenvalue weighted by Crippen LogP contribution is -2.32. The van der Waals surface area contributed by atoms with Crippen molar-refractivity contribution in [2.45, 2.75) is 6.92 Å². The first-order valence-corrected chi connectivity index (χ1v) is 11.3. The summed E-state index contributed by atoms with van der Waals surface area (Å²) in [4.78, 5) is 36.4. The Morgan fingerprint density at radius 1 is 1.13 bits per heavy atom. The molecule has 3 aromatic carbocycles. The third kappa shape index (κ3) is 6.05. The van der Waals surface area contributed by atoms with E-state index in [-0.39, 0.29) is 41.8 Å². The first-order valence-electron chi connectivity index (χ1n) is 11.3. The van der Waals surface area contributed by atoms with E-state index in [9.17, 15) is 24.8 Å². The van der Waals surface area contributed by atoms with E-state index in [1.807, 2.05) is 0 Å². The largest absolute Gasteiger partial charge is 0.504 e. The fourth-order valence-electron chi connectivity index (χ4n) is 3.42. The average Bonchev–Trinajstić information content (AvgIpc) is 3.38. The van der Waals surface area contributed by atoms with Crippen LogP contribution in [0.1, 0.15) is 28.4 Å². The zero-order valence-corrected chi connectivity index (χ0v) is 20.0. The molecule has 4 rings (SSSR count). The number of benzene rings is 3. The van der Waals surface area contributed by atoms with Crippen LogP contribution in [-0.4, -0.2) is 41.5 Å². The van der Waals surface area contributed by atoms with E-state index in [2.05, 4.69) is 15.8 Å². The fraction of sp³-hybridized carbons (Fsp3) is 0.115. The Labute approximate surface area is 216 Å². The number of nitrogens with zero attached hydrogens (tertiary/aromatic N) is 2. The van der Waals surface area contributed by atoms with Gasteiger partial charge < -0.3 is 24.6 Å². The number of carbonyl (C=O) groups excluding carboxylic acids is 2. The Bertz CT molecular complexity index is 1440. The Hall–Kier alpha value is -5.39. The van der Waals surface area contributed by atoms with Crippen molar-refractivity contribution in [1.82, 2.24) is 10.7 Å². The molecule has 0 aliphatic carbocycles. The van der Waals surface area contributed by atoms with Crippen molar-refractivity contribution in [3.05, 3.63) is 93.2 Å². The van der Waals surface area contributed by atoms with Crippen LogP contribution < -0.4 is 25.0 Å². The van der Waals surface area contributed by atoms with Crippen molar-refractivity contribution in [3.63, 3.8) is 0 Å². The predicted molar refractivity (Wildman–Crippen MR) is 136 cm³/mol. The highest BCUT2D eigenvalue weighted by atomic mass is 16.7.